The molecule has 0 bridgehead atoms. The molecule has 0 amide bonds. The quantitative estimate of drug-likeness (QED) is 0.136. The average molecular weight is 637 g/mol. The lowest BCUT2D eigenvalue weighted by Crippen LogP contribution is -2.63. The third-order valence-electron chi connectivity index (χ3n) is 11.4. The Labute approximate surface area is 261 Å². The highest BCUT2D eigenvalue weighted by Crippen LogP contribution is 2.69. The van der Waals surface area contributed by atoms with E-state index in [4.69, 9.17) is 18.0 Å². The first-order valence-electron chi connectivity index (χ1n) is 17.0. The number of methoxy groups -OCH3 is 1. The summed E-state index contributed by atoms with van der Waals surface area (Å²) < 4.78 is 26.2. The Morgan fingerprint density at radius 2 is 1.52 bits per heavy atom. The molecule has 4 rings (SSSR count). The minimum Gasteiger partial charge on any atom is -0.469 e. The van der Waals surface area contributed by atoms with Crippen molar-refractivity contribution in [1.29, 1.82) is 0 Å². The summed E-state index contributed by atoms with van der Waals surface area (Å²) >= 11 is 0. The van der Waals surface area contributed by atoms with Crippen LogP contribution in [0.3, 0.4) is 0 Å². The largest absolute Gasteiger partial charge is 0.469 e. The molecule has 0 N–H and O–H groups in total. The molecule has 42 heavy (non-hydrogen) atoms. The van der Waals surface area contributed by atoms with E-state index in [2.05, 4.69) is 85.8 Å². The van der Waals surface area contributed by atoms with E-state index in [1.165, 1.54) is 26.4 Å². The number of rotatable bonds is 10. The molecule has 4 aliphatic rings. The van der Waals surface area contributed by atoms with Gasteiger partial charge in [0.15, 0.2) is 25.0 Å². The molecule has 3 fully saturated rings. The van der Waals surface area contributed by atoms with Gasteiger partial charge in [0.1, 0.15) is 0 Å². The molecular weight excluding hydrogens is 573 g/mol. The smallest absolute Gasteiger partial charge is 0.305 e. The minimum absolute atomic E-state index is 0.0861. The van der Waals surface area contributed by atoms with Gasteiger partial charge < -0.3 is 18.0 Å². The first-order valence-corrected chi connectivity index (χ1v) is 27.2. The molecule has 0 radical (unpaired) electrons. The van der Waals surface area contributed by atoms with Crippen LogP contribution in [0.25, 0.3) is 0 Å². The van der Waals surface area contributed by atoms with Gasteiger partial charge in [-0.25, -0.2) is 0 Å². The zero-order valence-electron chi connectivity index (χ0n) is 29.4. The SMILES string of the molecule is COC(=O)CC[C@@H](C)[C@H]1CC[C@H]2[C@@H]3[C@H](O[Si](C)(C)C)CC4=C[C@@H](O[Si](C)(C)C)CC[C@]4(C)[C@H]3C[C@H](O[Si](C)(C)C)[C@]12C. The predicted molar refractivity (Wildman–Crippen MR) is 181 cm³/mol. The van der Waals surface area contributed by atoms with E-state index in [1.807, 2.05) is 0 Å². The Morgan fingerprint density at radius 3 is 2.10 bits per heavy atom. The molecule has 4 aliphatic carbocycles. The average Bonchev–Trinajstić information content (AvgIpc) is 3.19. The van der Waals surface area contributed by atoms with Gasteiger partial charge in [-0.1, -0.05) is 32.4 Å². The normalized spacial score (nSPS) is 39.5. The molecule has 0 heterocycles. The van der Waals surface area contributed by atoms with Crippen molar-refractivity contribution in [1.82, 2.24) is 0 Å². The zero-order valence-corrected chi connectivity index (χ0v) is 32.4. The van der Waals surface area contributed by atoms with Gasteiger partial charge in [-0.3, -0.25) is 4.79 Å². The van der Waals surface area contributed by atoms with Gasteiger partial charge in [0.25, 0.3) is 0 Å². The topological polar surface area (TPSA) is 54.0 Å². The highest BCUT2D eigenvalue weighted by molar-refractivity contribution is 6.70. The van der Waals surface area contributed by atoms with Crippen LogP contribution in [-0.4, -0.2) is 56.3 Å². The molecule has 10 atom stereocenters. The summed E-state index contributed by atoms with van der Waals surface area (Å²) in [5.74, 6) is 2.62. The van der Waals surface area contributed by atoms with Crippen molar-refractivity contribution in [2.45, 2.75) is 149 Å². The van der Waals surface area contributed by atoms with Crippen molar-refractivity contribution in [3.8, 4) is 0 Å². The monoisotopic (exact) mass is 636 g/mol. The van der Waals surface area contributed by atoms with E-state index in [-0.39, 0.29) is 35.1 Å². The molecule has 5 nitrogen and oxygen atoms in total. The number of carbonyl (C=O) groups excluding carboxylic acids is 1. The fourth-order valence-electron chi connectivity index (χ4n) is 9.91. The molecule has 3 saturated carbocycles. The van der Waals surface area contributed by atoms with E-state index < -0.39 is 25.0 Å². The Kier molecular flexibility index (Phi) is 10.0. The van der Waals surface area contributed by atoms with Crippen LogP contribution in [-0.2, 0) is 22.8 Å². The van der Waals surface area contributed by atoms with E-state index in [0.29, 0.717) is 36.0 Å². The van der Waals surface area contributed by atoms with E-state index >= 15 is 0 Å². The van der Waals surface area contributed by atoms with Gasteiger partial charge in [0, 0.05) is 6.42 Å². The van der Waals surface area contributed by atoms with E-state index in [9.17, 15) is 4.79 Å². The Morgan fingerprint density at radius 1 is 0.905 bits per heavy atom. The third-order valence-corrected chi connectivity index (χ3v) is 14.5. The molecule has 0 aromatic carbocycles. The standard InChI is InChI=1S/C34H64O5Si3/c1-23(14-17-31(35)36-4)26-15-16-27-32-28(22-30(34(26,27)3)39-42(11,12)13)33(2)19-18-25(37-40(5,6)7)20-24(33)21-29(32)38-41(8,9)10/h20,23,25-30,32H,14-19,21-22H2,1-13H3/t23-,25+,26-,27+,28+,29-,30+,32+,33+,34-/m1/s1. The maximum Gasteiger partial charge on any atom is 0.305 e. The van der Waals surface area contributed by atoms with Crippen molar-refractivity contribution >= 4 is 30.9 Å². The van der Waals surface area contributed by atoms with Crippen LogP contribution in [0.1, 0.15) is 72.1 Å². The highest BCUT2D eigenvalue weighted by Gasteiger charge is 2.66. The lowest BCUT2D eigenvalue weighted by atomic mass is 9.45. The lowest BCUT2D eigenvalue weighted by molar-refractivity contribution is -0.160. The summed E-state index contributed by atoms with van der Waals surface area (Å²) in [5, 5.41) is 0. The summed E-state index contributed by atoms with van der Waals surface area (Å²) in [4.78, 5) is 12.1. The van der Waals surface area contributed by atoms with Gasteiger partial charge in [-0.2, -0.15) is 0 Å². The number of esters is 1. The third kappa shape index (κ3) is 7.24. The Hall–Kier alpha value is -0.259. The first kappa shape index (κ1) is 34.6. The number of ether oxygens (including phenoxy) is 1. The minimum atomic E-state index is -1.80. The summed E-state index contributed by atoms with van der Waals surface area (Å²) in [7, 11) is -3.70. The van der Waals surface area contributed by atoms with Crippen molar-refractivity contribution < 1.29 is 22.8 Å². The molecule has 0 aromatic heterocycles. The molecule has 8 heteroatoms. The summed E-state index contributed by atoms with van der Waals surface area (Å²) in [6.07, 6.45) is 11.7. The van der Waals surface area contributed by atoms with Crippen LogP contribution in [0.5, 0.6) is 0 Å². The summed E-state index contributed by atoms with van der Waals surface area (Å²) in [5.41, 5.74) is 1.88. The fourth-order valence-corrected chi connectivity index (χ4v) is 13.4. The lowest BCUT2D eigenvalue weighted by Gasteiger charge is -2.64. The second kappa shape index (κ2) is 12.2. The summed E-state index contributed by atoms with van der Waals surface area (Å²) in [6, 6.07) is 0. The number of hydrogen-bond donors (Lipinski definition) is 0. The molecular formula is C34H64O5Si3. The molecule has 242 valence electrons. The predicted octanol–water partition coefficient (Wildman–Crippen LogP) is 9.03. The van der Waals surface area contributed by atoms with Crippen LogP contribution in [0.4, 0.5) is 0 Å². The second-order valence-corrected chi connectivity index (χ2v) is 31.2. The van der Waals surface area contributed by atoms with Crippen molar-refractivity contribution in [3.05, 3.63) is 11.6 Å². The number of hydrogen-bond acceptors (Lipinski definition) is 5. The van der Waals surface area contributed by atoms with Crippen molar-refractivity contribution in [2.75, 3.05) is 7.11 Å². The first-order chi connectivity index (χ1) is 19.2. The number of carbonyl (C=O) groups is 1. The van der Waals surface area contributed by atoms with Crippen LogP contribution in [0, 0.1) is 40.4 Å². The van der Waals surface area contributed by atoms with Gasteiger partial charge in [-0.05, 0) is 144 Å². The zero-order chi connectivity index (χ0) is 31.5. The van der Waals surface area contributed by atoms with Gasteiger partial charge in [0.2, 0.25) is 0 Å². The molecule has 0 aromatic rings. The van der Waals surface area contributed by atoms with Gasteiger partial charge in [0.05, 0.1) is 25.4 Å². The fraction of sp³-hybridized carbons (Fsp3) is 0.912. The van der Waals surface area contributed by atoms with Crippen molar-refractivity contribution in [2.24, 2.45) is 40.4 Å². The molecule has 0 spiro atoms. The summed E-state index contributed by atoms with van der Waals surface area (Å²) in [6.45, 7) is 28.7. The Balaban J connectivity index is 1.76. The van der Waals surface area contributed by atoms with Gasteiger partial charge >= 0.3 is 5.97 Å². The van der Waals surface area contributed by atoms with Crippen LogP contribution in [0.2, 0.25) is 58.9 Å². The van der Waals surface area contributed by atoms with Crippen LogP contribution < -0.4 is 0 Å². The molecule has 0 aliphatic heterocycles. The number of fused-ring (bicyclic) bond motifs is 5. The van der Waals surface area contributed by atoms with Crippen LogP contribution in [0.15, 0.2) is 11.6 Å². The maximum atomic E-state index is 12.1. The second-order valence-electron chi connectivity index (χ2n) is 17.8. The molecule has 0 saturated heterocycles. The molecule has 0 unspecified atom stereocenters. The highest BCUT2D eigenvalue weighted by atomic mass is 28.4. The van der Waals surface area contributed by atoms with Crippen LogP contribution >= 0.6 is 0 Å². The Bertz CT molecular complexity index is 1010. The van der Waals surface area contributed by atoms with E-state index in [0.717, 1.165) is 25.7 Å². The maximum absolute atomic E-state index is 12.1. The van der Waals surface area contributed by atoms with E-state index in [1.54, 1.807) is 5.57 Å². The van der Waals surface area contributed by atoms with Gasteiger partial charge in [-0.15, -0.1) is 0 Å². The van der Waals surface area contributed by atoms with Crippen molar-refractivity contribution in [3.63, 3.8) is 0 Å².